The molecule has 4 nitrogen and oxygen atoms in total. The van der Waals surface area contributed by atoms with Gasteiger partial charge in [-0.1, -0.05) is 15.9 Å². The number of benzene rings is 1. The molecule has 0 bridgehead atoms. The van der Waals surface area contributed by atoms with Crippen LogP contribution in [0.4, 0.5) is 4.79 Å². The van der Waals surface area contributed by atoms with E-state index in [0.717, 1.165) is 28.5 Å². The number of rotatable bonds is 1. The normalized spacial score (nSPS) is 14.6. The van der Waals surface area contributed by atoms with E-state index in [4.69, 9.17) is 9.72 Å². The van der Waals surface area contributed by atoms with Crippen LogP contribution in [-0.2, 0) is 17.6 Å². The van der Waals surface area contributed by atoms with Crippen LogP contribution in [0.1, 0.15) is 23.7 Å². The Balaban J connectivity index is 1.96. The molecule has 1 aromatic heterocycles. The lowest BCUT2D eigenvalue weighted by Crippen LogP contribution is -2.33. The van der Waals surface area contributed by atoms with E-state index in [1.807, 2.05) is 19.1 Å². The monoisotopic (exact) mass is 362 g/mol. The van der Waals surface area contributed by atoms with E-state index in [2.05, 4.69) is 28.9 Å². The van der Waals surface area contributed by atoms with Crippen LogP contribution >= 0.6 is 15.9 Å². The number of hydrogen-bond donors (Lipinski definition) is 0. The Morgan fingerprint density at radius 3 is 2.91 bits per heavy atom. The van der Waals surface area contributed by atoms with Crippen LogP contribution in [0.25, 0.3) is 10.9 Å². The molecule has 0 aliphatic carbocycles. The van der Waals surface area contributed by atoms with Gasteiger partial charge in [0, 0.05) is 35.1 Å². The van der Waals surface area contributed by atoms with Gasteiger partial charge in [0.25, 0.3) is 0 Å². The molecule has 2 heterocycles. The summed E-state index contributed by atoms with van der Waals surface area (Å²) >= 11 is 3.53. The molecule has 0 spiro atoms. The molecule has 1 aliphatic heterocycles. The van der Waals surface area contributed by atoms with Crippen molar-refractivity contribution in [2.45, 2.75) is 26.7 Å². The summed E-state index contributed by atoms with van der Waals surface area (Å²) in [7, 11) is 0. The smallest absolute Gasteiger partial charge is 0.409 e. The van der Waals surface area contributed by atoms with Crippen molar-refractivity contribution in [3.8, 4) is 0 Å². The molecule has 3 rings (SSSR count). The number of ether oxygens (including phenoxy) is 1. The van der Waals surface area contributed by atoms with E-state index in [-0.39, 0.29) is 6.09 Å². The highest BCUT2D eigenvalue weighted by Gasteiger charge is 2.22. The lowest BCUT2D eigenvalue weighted by Gasteiger charge is -2.18. The molecule has 0 atom stereocenters. The van der Waals surface area contributed by atoms with Crippen molar-refractivity contribution in [3.63, 3.8) is 0 Å². The predicted molar refractivity (Wildman–Crippen MR) is 90.2 cm³/mol. The number of aromatic nitrogens is 1. The van der Waals surface area contributed by atoms with Gasteiger partial charge in [0.05, 0.1) is 12.1 Å². The molecule has 0 radical (unpaired) electrons. The zero-order valence-electron chi connectivity index (χ0n) is 12.9. The summed E-state index contributed by atoms with van der Waals surface area (Å²) in [5, 5.41) is 1.18. The first-order chi connectivity index (χ1) is 10.6. The van der Waals surface area contributed by atoms with Crippen molar-refractivity contribution in [1.82, 2.24) is 9.88 Å². The number of fused-ring (bicyclic) bond motifs is 2. The second-order valence-electron chi connectivity index (χ2n) is 5.51. The molecule has 1 aromatic carbocycles. The molecule has 1 amide bonds. The van der Waals surface area contributed by atoms with Gasteiger partial charge in [0.1, 0.15) is 0 Å². The van der Waals surface area contributed by atoms with Gasteiger partial charge in [-0.15, -0.1) is 0 Å². The number of amides is 1. The molecular formula is C17H19BrN2O2. The summed E-state index contributed by atoms with van der Waals surface area (Å²) in [5.41, 5.74) is 4.67. The lowest BCUT2D eigenvalue weighted by molar-refractivity contribution is 0.109. The Morgan fingerprint density at radius 2 is 2.14 bits per heavy atom. The molecule has 2 aromatic rings. The minimum atomic E-state index is -0.222. The number of nitrogens with zero attached hydrogens (tertiary/aromatic N) is 2. The minimum Gasteiger partial charge on any atom is -0.450 e. The fourth-order valence-corrected chi connectivity index (χ4v) is 3.39. The Hall–Kier alpha value is -1.62. The van der Waals surface area contributed by atoms with Crippen LogP contribution < -0.4 is 0 Å². The lowest BCUT2D eigenvalue weighted by atomic mass is 9.98. The average Bonchev–Trinajstić information content (AvgIpc) is 2.71. The first-order valence-electron chi connectivity index (χ1n) is 7.59. The van der Waals surface area contributed by atoms with Crippen LogP contribution in [0, 0.1) is 6.92 Å². The van der Waals surface area contributed by atoms with Crippen LogP contribution in [-0.4, -0.2) is 35.7 Å². The fraction of sp³-hybridized carbons (Fsp3) is 0.412. The molecule has 0 N–H and O–H groups in total. The van der Waals surface area contributed by atoms with Crippen molar-refractivity contribution in [2.24, 2.45) is 0 Å². The molecule has 0 saturated carbocycles. The molecule has 0 saturated heterocycles. The van der Waals surface area contributed by atoms with E-state index < -0.39 is 0 Å². The van der Waals surface area contributed by atoms with E-state index >= 15 is 0 Å². The van der Waals surface area contributed by atoms with E-state index in [1.54, 1.807) is 4.90 Å². The van der Waals surface area contributed by atoms with Gasteiger partial charge < -0.3 is 9.64 Å². The Morgan fingerprint density at radius 1 is 1.36 bits per heavy atom. The van der Waals surface area contributed by atoms with E-state index in [0.29, 0.717) is 19.7 Å². The molecule has 116 valence electrons. The third kappa shape index (κ3) is 2.82. The van der Waals surface area contributed by atoms with Crippen LogP contribution in [0.3, 0.4) is 0 Å². The highest BCUT2D eigenvalue weighted by atomic mass is 79.9. The Kier molecular flexibility index (Phi) is 4.34. The van der Waals surface area contributed by atoms with E-state index in [1.165, 1.54) is 16.5 Å². The molecule has 0 unspecified atom stereocenters. The van der Waals surface area contributed by atoms with Gasteiger partial charge in [0.2, 0.25) is 0 Å². The Labute approximate surface area is 138 Å². The number of halogens is 1. The van der Waals surface area contributed by atoms with Crippen molar-refractivity contribution in [3.05, 3.63) is 39.5 Å². The SMILES string of the molecule is CCOC(=O)N1CCc2nc3ccc(Br)cc3c(C)c2CC1. The second-order valence-corrected chi connectivity index (χ2v) is 6.43. The third-order valence-corrected chi connectivity index (χ3v) is 4.69. The summed E-state index contributed by atoms with van der Waals surface area (Å²) in [5.74, 6) is 0. The van der Waals surface area contributed by atoms with Gasteiger partial charge in [-0.05, 0) is 49.6 Å². The summed E-state index contributed by atoms with van der Waals surface area (Å²) in [6, 6.07) is 6.18. The summed E-state index contributed by atoms with van der Waals surface area (Å²) in [4.78, 5) is 18.5. The first kappa shape index (κ1) is 15.3. The zero-order valence-corrected chi connectivity index (χ0v) is 14.4. The number of carbonyl (C=O) groups excluding carboxylic acids is 1. The first-order valence-corrected chi connectivity index (χ1v) is 8.38. The number of aryl methyl sites for hydroxylation is 1. The van der Waals surface area contributed by atoms with Crippen molar-refractivity contribution >= 4 is 32.9 Å². The van der Waals surface area contributed by atoms with Gasteiger partial charge >= 0.3 is 6.09 Å². The minimum absolute atomic E-state index is 0.222. The van der Waals surface area contributed by atoms with Gasteiger partial charge in [0.15, 0.2) is 0 Å². The summed E-state index contributed by atoms with van der Waals surface area (Å²) in [6.07, 6.45) is 1.39. The third-order valence-electron chi connectivity index (χ3n) is 4.20. The van der Waals surface area contributed by atoms with Crippen LogP contribution in [0.2, 0.25) is 0 Å². The Bertz CT molecular complexity index is 730. The summed E-state index contributed by atoms with van der Waals surface area (Å²) < 4.78 is 6.18. The molecule has 1 aliphatic rings. The largest absolute Gasteiger partial charge is 0.450 e. The molecule has 22 heavy (non-hydrogen) atoms. The van der Waals surface area contributed by atoms with Crippen LogP contribution in [0.15, 0.2) is 22.7 Å². The molecule has 5 heteroatoms. The van der Waals surface area contributed by atoms with Gasteiger partial charge in [-0.25, -0.2) is 4.79 Å². The van der Waals surface area contributed by atoms with Crippen LogP contribution in [0.5, 0.6) is 0 Å². The highest BCUT2D eigenvalue weighted by molar-refractivity contribution is 9.10. The average molecular weight is 363 g/mol. The maximum absolute atomic E-state index is 11.9. The van der Waals surface area contributed by atoms with Gasteiger partial charge in [-0.3, -0.25) is 4.98 Å². The van der Waals surface area contributed by atoms with Gasteiger partial charge in [-0.2, -0.15) is 0 Å². The quantitative estimate of drug-likeness (QED) is 0.773. The standard InChI is InChI=1S/C17H19BrN2O2/c1-3-22-17(21)20-8-6-13-11(2)14-10-12(18)4-5-15(14)19-16(13)7-9-20/h4-5,10H,3,6-9H2,1-2H3. The van der Waals surface area contributed by atoms with Crippen molar-refractivity contribution in [1.29, 1.82) is 0 Å². The summed E-state index contributed by atoms with van der Waals surface area (Å²) in [6.45, 7) is 5.75. The van der Waals surface area contributed by atoms with Crippen molar-refractivity contribution < 1.29 is 9.53 Å². The predicted octanol–water partition coefficient (Wildman–Crippen LogP) is 3.86. The maximum atomic E-state index is 11.9. The molecule has 0 fully saturated rings. The maximum Gasteiger partial charge on any atom is 0.409 e. The number of carbonyl (C=O) groups is 1. The highest BCUT2D eigenvalue weighted by Crippen LogP contribution is 2.28. The van der Waals surface area contributed by atoms with Crippen molar-refractivity contribution in [2.75, 3.05) is 19.7 Å². The molecular weight excluding hydrogens is 344 g/mol. The second kappa shape index (κ2) is 6.24. The zero-order chi connectivity index (χ0) is 15.7. The van der Waals surface area contributed by atoms with E-state index in [9.17, 15) is 4.79 Å². The fourth-order valence-electron chi connectivity index (χ4n) is 3.03. The number of pyridine rings is 1. The number of hydrogen-bond acceptors (Lipinski definition) is 3. The topological polar surface area (TPSA) is 42.4 Å².